The standard InChI is InChI=1S/C19H27N3O3/c1-25-11-10-22-13-15(12-18(22)23)19(24)20-16-6-5-9-21(14-16)17-7-3-2-4-8-17/h2-4,7-8,15-16H,5-6,9-14H2,1H3,(H,20,24). The van der Waals surface area contributed by atoms with Gasteiger partial charge in [-0.15, -0.1) is 0 Å². The average Bonchev–Trinajstić information content (AvgIpc) is 3.02. The molecule has 3 rings (SSSR count). The fourth-order valence-corrected chi connectivity index (χ4v) is 3.65. The summed E-state index contributed by atoms with van der Waals surface area (Å²) in [7, 11) is 1.62. The molecule has 2 amide bonds. The van der Waals surface area contributed by atoms with E-state index in [2.05, 4.69) is 22.3 Å². The highest BCUT2D eigenvalue weighted by atomic mass is 16.5. The van der Waals surface area contributed by atoms with Gasteiger partial charge < -0.3 is 19.9 Å². The van der Waals surface area contributed by atoms with Gasteiger partial charge in [-0.25, -0.2) is 0 Å². The van der Waals surface area contributed by atoms with E-state index in [0.29, 0.717) is 26.1 Å². The molecule has 6 nitrogen and oxygen atoms in total. The molecule has 2 aliphatic heterocycles. The summed E-state index contributed by atoms with van der Waals surface area (Å²) >= 11 is 0. The van der Waals surface area contributed by atoms with E-state index in [1.807, 2.05) is 18.2 Å². The van der Waals surface area contributed by atoms with Gasteiger partial charge in [0.2, 0.25) is 11.8 Å². The fourth-order valence-electron chi connectivity index (χ4n) is 3.65. The minimum Gasteiger partial charge on any atom is -0.383 e. The van der Waals surface area contributed by atoms with Crippen LogP contribution in [-0.4, -0.2) is 62.7 Å². The van der Waals surface area contributed by atoms with Crippen molar-refractivity contribution in [3.63, 3.8) is 0 Å². The Labute approximate surface area is 149 Å². The third kappa shape index (κ3) is 4.51. The lowest BCUT2D eigenvalue weighted by molar-refractivity contribution is -0.129. The Balaban J connectivity index is 1.52. The Bertz CT molecular complexity index is 593. The highest BCUT2D eigenvalue weighted by molar-refractivity contribution is 5.89. The molecule has 2 fully saturated rings. The summed E-state index contributed by atoms with van der Waals surface area (Å²) in [5.74, 6) is -0.184. The average molecular weight is 345 g/mol. The van der Waals surface area contributed by atoms with E-state index < -0.39 is 0 Å². The van der Waals surface area contributed by atoms with Crippen LogP contribution in [0.25, 0.3) is 0 Å². The second-order valence-electron chi connectivity index (χ2n) is 6.86. The largest absolute Gasteiger partial charge is 0.383 e. The number of carbonyl (C=O) groups is 2. The molecule has 1 N–H and O–H groups in total. The zero-order chi connectivity index (χ0) is 17.6. The summed E-state index contributed by atoms with van der Waals surface area (Å²) in [4.78, 5) is 28.6. The van der Waals surface area contributed by atoms with E-state index in [1.54, 1.807) is 12.0 Å². The van der Waals surface area contributed by atoms with Crippen LogP contribution in [0.15, 0.2) is 30.3 Å². The molecule has 6 heteroatoms. The fraction of sp³-hybridized carbons (Fsp3) is 0.579. The lowest BCUT2D eigenvalue weighted by Crippen LogP contribution is -2.49. The molecule has 2 aliphatic rings. The Hall–Kier alpha value is -2.08. The quantitative estimate of drug-likeness (QED) is 0.843. The van der Waals surface area contributed by atoms with Crippen molar-refractivity contribution in [2.24, 2.45) is 5.92 Å². The first-order valence-corrected chi connectivity index (χ1v) is 9.04. The summed E-state index contributed by atoms with van der Waals surface area (Å²) in [6, 6.07) is 10.4. The number of nitrogens with zero attached hydrogens (tertiary/aromatic N) is 2. The number of benzene rings is 1. The van der Waals surface area contributed by atoms with Crippen LogP contribution in [0, 0.1) is 5.92 Å². The molecule has 2 heterocycles. The molecule has 1 aromatic rings. The molecule has 136 valence electrons. The van der Waals surface area contributed by atoms with Gasteiger partial charge in [-0.3, -0.25) is 9.59 Å². The van der Waals surface area contributed by atoms with Crippen LogP contribution in [0.2, 0.25) is 0 Å². The number of amides is 2. The highest BCUT2D eigenvalue weighted by Crippen LogP contribution is 2.21. The van der Waals surface area contributed by atoms with Gasteiger partial charge in [-0.1, -0.05) is 18.2 Å². The Morgan fingerprint density at radius 1 is 1.28 bits per heavy atom. The first-order valence-electron chi connectivity index (χ1n) is 9.04. The SMILES string of the molecule is COCCN1CC(C(=O)NC2CCCN(c3ccccc3)C2)CC1=O. The molecule has 0 spiro atoms. The minimum absolute atomic E-state index is 0.00757. The molecular formula is C19H27N3O3. The monoisotopic (exact) mass is 345 g/mol. The van der Waals surface area contributed by atoms with Crippen molar-refractivity contribution < 1.29 is 14.3 Å². The van der Waals surface area contributed by atoms with Crippen molar-refractivity contribution in [2.75, 3.05) is 44.8 Å². The summed E-state index contributed by atoms with van der Waals surface area (Å²) < 4.78 is 5.02. The number of ether oxygens (including phenoxy) is 1. The lowest BCUT2D eigenvalue weighted by Gasteiger charge is -2.35. The van der Waals surface area contributed by atoms with Crippen LogP contribution >= 0.6 is 0 Å². The molecule has 0 radical (unpaired) electrons. The summed E-state index contributed by atoms with van der Waals surface area (Å²) in [5.41, 5.74) is 1.20. The smallest absolute Gasteiger partial charge is 0.225 e. The number of anilines is 1. The topological polar surface area (TPSA) is 61.9 Å². The van der Waals surface area contributed by atoms with Crippen molar-refractivity contribution in [2.45, 2.75) is 25.3 Å². The maximum Gasteiger partial charge on any atom is 0.225 e. The molecule has 0 aliphatic carbocycles. The van der Waals surface area contributed by atoms with Crippen molar-refractivity contribution in [3.05, 3.63) is 30.3 Å². The van der Waals surface area contributed by atoms with Crippen LogP contribution < -0.4 is 10.2 Å². The zero-order valence-corrected chi connectivity index (χ0v) is 14.8. The Kier molecular flexibility index (Phi) is 5.91. The van der Waals surface area contributed by atoms with E-state index in [-0.39, 0.29) is 23.8 Å². The van der Waals surface area contributed by atoms with Crippen molar-refractivity contribution in [3.8, 4) is 0 Å². The van der Waals surface area contributed by atoms with E-state index >= 15 is 0 Å². The van der Waals surface area contributed by atoms with E-state index in [4.69, 9.17) is 4.74 Å². The first kappa shape index (κ1) is 17.7. The highest BCUT2D eigenvalue weighted by Gasteiger charge is 2.35. The van der Waals surface area contributed by atoms with Gasteiger partial charge in [0.1, 0.15) is 0 Å². The number of rotatable bonds is 6. The van der Waals surface area contributed by atoms with Gasteiger partial charge >= 0.3 is 0 Å². The van der Waals surface area contributed by atoms with E-state index in [1.165, 1.54) is 5.69 Å². The van der Waals surface area contributed by atoms with E-state index in [9.17, 15) is 9.59 Å². The normalized spacial score (nSPS) is 23.8. The molecule has 25 heavy (non-hydrogen) atoms. The van der Waals surface area contributed by atoms with Crippen LogP contribution in [0.1, 0.15) is 19.3 Å². The van der Waals surface area contributed by atoms with Gasteiger partial charge in [0.25, 0.3) is 0 Å². The minimum atomic E-state index is -0.239. The number of likely N-dealkylation sites (tertiary alicyclic amines) is 1. The molecule has 2 atom stereocenters. The van der Waals surface area contributed by atoms with Crippen molar-refractivity contribution >= 4 is 17.5 Å². The van der Waals surface area contributed by atoms with Gasteiger partial charge in [-0.05, 0) is 25.0 Å². The molecule has 1 aromatic carbocycles. The Morgan fingerprint density at radius 2 is 2.08 bits per heavy atom. The maximum absolute atomic E-state index is 12.6. The van der Waals surface area contributed by atoms with E-state index in [0.717, 1.165) is 25.9 Å². The molecule has 0 saturated carbocycles. The van der Waals surface area contributed by atoms with Crippen LogP contribution in [0.4, 0.5) is 5.69 Å². The van der Waals surface area contributed by atoms with Gasteiger partial charge in [0.05, 0.1) is 12.5 Å². The predicted octanol–water partition coefficient (Wildman–Crippen LogP) is 1.27. The first-order chi connectivity index (χ1) is 12.2. The third-order valence-corrected chi connectivity index (χ3v) is 5.04. The van der Waals surface area contributed by atoms with Crippen molar-refractivity contribution in [1.82, 2.24) is 10.2 Å². The molecule has 0 aromatic heterocycles. The number of piperidine rings is 1. The number of nitrogens with one attached hydrogen (secondary N) is 1. The van der Waals surface area contributed by atoms with Crippen molar-refractivity contribution in [1.29, 1.82) is 0 Å². The van der Waals surface area contributed by atoms with Crippen LogP contribution in [0.5, 0.6) is 0 Å². The molecule has 2 saturated heterocycles. The summed E-state index contributed by atoms with van der Waals surface area (Å²) in [6.07, 6.45) is 2.36. The number of hydrogen-bond donors (Lipinski definition) is 1. The predicted molar refractivity (Wildman–Crippen MR) is 96.4 cm³/mol. The maximum atomic E-state index is 12.6. The summed E-state index contributed by atoms with van der Waals surface area (Å²) in [5, 5.41) is 3.17. The molecule has 0 bridgehead atoms. The third-order valence-electron chi connectivity index (χ3n) is 5.04. The lowest BCUT2D eigenvalue weighted by atomic mass is 10.0. The van der Waals surface area contributed by atoms with Gasteiger partial charge in [0, 0.05) is 51.4 Å². The molecule has 2 unspecified atom stereocenters. The van der Waals surface area contributed by atoms with Crippen LogP contribution in [0.3, 0.4) is 0 Å². The second kappa shape index (κ2) is 8.34. The number of carbonyl (C=O) groups excluding carboxylic acids is 2. The molecular weight excluding hydrogens is 318 g/mol. The number of hydrogen-bond acceptors (Lipinski definition) is 4. The number of para-hydroxylation sites is 1. The summed E-state index contributed by atoms with van der Waals surface area (Å²) in [6.45, 7) is 3.41. The van der Waals surface area contributed by atoms with Gasteiger partial charge in [-0.2, -0.15) is 0 Å². The second-order valence-corrected chi connectivity index (χ2v) is 6.86. The van der Waals surface area contributed by atoms with Gasteiger partial charge in [0.15, 0.2) is 0 Å². The van der Waals surface area contributed by atoms with Crippen LogP contribution in [-0.2, 0) is 14.3 Å². The number of methoxy groups -OCH3 is 1. The Morgan fingerprint density at radius 3 is 2.84 bits per heavy atom. The zero-order valence-electron chi connectivity index (χ0n) is 14.8.